The topological polar surface area (TPSA) is 0 Å². The van der Waals surface area contributed by atoms with E-state index in [1.54, 1.807) is 11.1 Å². The lowest BCUT2D eigenvalue weighted by atomic mass is 9.95. The number of hydrogen-bond donors (Lipinski definition) is 0. The quantitative estimate of drug-likeness (QED) is 0.689. The Bertz CT molecular complexity index is 410. The van der Waals surface area contributed by atoms with Crippen LogP contribution in [0.3, 0.4) is 0 Å². The summed E-state index contributed by atoms with van der Waals surface area (Å²) in [5.74, 6) is 0. The molecule has 0 bridgehead atoms. The molecule has 0 amide bonds. The Morgan fingerprint density at radius 2 is 1.81 bits per heavy atom. The smallest absolute Gasteiger partial charge is 0.00604 e. The van der Waals surface area contributed by atoms with Gasteiger partial charge in [-0.3, -0.25) is 0 Å². The third kappa shape index (κ3) is 2.21. The third-order valence-corrected chi connectivity index (χ3v) is 3.33. The van der Waals surface area contributed by atoms with Crippen LogP contribution < -0.4 is 0 Å². The molecule has 2 rings (SSSR count). The molecule has 0 aromatic heterocycles. The molecule has 0 atom stereocenters. The normalized spacial score (nSPS) is 13.8. The second-order valence-electron chi connectivity index (χ2n) is 5.00. The molecule has 0 heterocycles. The first-order chi connectivity index (χ1) is 7.74. The highest BCUT2D eigenvalue weighted by atomic mass is 14.2. The average molecular weight is 214 g/mol. The summed E-state index contributed by atoms with van der Waals surface area (Å²) in [7, 11) is 0. The van der Waals surface area contributed by atoms with Gasteiger partial charge in [-0.05, 0) is 48.4 Å². The van der Waals surface area contributed by atoms with Crippen molar-refractivity contribution >= 4 is 6.08 Å². The fourth-order valence-electron chi connectivity index (χ4n) is 2.69. The van der Waals surface area contributed by atoms with Crippen molar-refractivity contribution in [2.75, 3.05) is 0 Å². The Balaban J connectivity index is 2.40. The van der Waals surface area contributed by atoms with Gasteiger partial charge in [-0.1, -0.05) is 50.5 Å². The number of aryl methyl sites for hydroxylation is 2. The lowest BCUT2D eigenvalue weighted by Gasteiger charge is -2.10. The van der Waals surface area contributed by atoms with Crippen LogP contribution in [0.5, 0.6) is 0 Å². The van der Waals surface area contributed by atoms with Gasteiger partial charge in [0.25, 0.3) is 0 Å². The van der Waals surface area contributed by atoms with Gasteiger partial charge in [0.15, 0.2) is 0 Å². The second-order valence-corrected chi connectivity index (χ2v) is 5.00. The molecule has 0 nitrogen and oxygen atoms in total. The Hall–Kier alpha value is -1.04. The summed E-state index contributed by atoms with van der Waals surface area (Å²) in [6, 6.07) is 4.85. The maximum Gasteiger partial charge on any atom is -0.00604 e. The van der Waals surface area contributed by atoms with Crippen molar-refractivity contribution in [1.29, 1.82) is 0 Å². The molecular formula is C16H22. The van der Waals surface area contributed by atoms with Crippen molar-refractivity contribution in [3.63, 3.8) is 0 Å². The molecule has 1 aliphatic carbocycles. The van der Waals surface area contributed by atoms with Gasteiger partial charge in [0, 0.05) is 0 Å². The van der Waals surface area contributed by atoms with Gasteiger partial charge >= 0.3 is 0 Å². The summed E-state index contributed by atoms with van der Waals surface area (Å²) in [4.78, 5) is 0. The lowest BCUT2D eigenvalue weighted by Crippen LogP contribution is -1.96. The summed E-state index contributed by atoms with van der Waals surface area (Å²) in [6.07, 6.45) is 8.50. The predicted octanol–water partition coefficient (Wildman–Crippen LogP) is 4.55. The second kappa shape index (κ2) is 4.86. The summed E-state index contributed by atoms with van der Waals surface area (Å²) in [6.45, 7) is 6.77. The molecule has 1 aromatic carbocycles. The van der Waals surface area contributed by atoms with Crippen molar-refractivity contribution < 1.29 is 0 Å². The van der Waals surface area contributed by atoms with Crippen LogP contribution in [-0.2, 0) is 19.3 Å². The van der Waals surface area contributed by atoms with Crippen LogP contribution in [0.15, 0.2) is 17.7 Å². The van der Waals surface area contributed by atoms with Gasteiger partial charge in [0.2, 0.25) is 0 Å². The van der Waals surface area contributed by atoms with E-state index < -0.39 is 0 Å². The highest BCUT2D eigenvalue weighted by Crippen LogP contribution is 2.30. The minimum Gasteiger partial charge on any atom is -0.0683 e. The van der Waals surface area contributed by atoms with Crippen molar-refractivity contribution in [3.8, 4) is 0 Å². The Labute approximate surface area is 99.4 Å². The first kappa shape index (κ1) is 11.4. The van der Waals surface area contributed by atoms with E-state index in [9.17, 15) is 0 Å². The fraction of sp³-hybridized carbons (Fsp3) is 0.500. The number of fused-ring (bicyclic) bond motifs is 1. The number of hydrogen-bond acceptors (Lipinski definition) is 0. The van der Waals surface area contributed by atoms with Gasteiger partial charge in [0.05, 0.1) is 0 Å². The van der Waals surface area contributed by atoms with Crippen LogP contribution in [0.2, 0.25) is 0 Å². The van der Waals surface area contributed by atoms with Gasteiger partial charge in [0.1, 0.15) is 0 Å². The summed E-state index contributed by atoms with van der Waals surface area (Å²) in [5, 5.41) is 0. The summed E-state index contributed by atoms with van der Waals surface area (Å²) < 4.78 is 0. The van der Waals surface area contributed by atoms with Gasteiger partial charge in [-0.2, -0.15) is 0 Å². The summed E-state index contributed by atoms with van der Waals surface area (Å²) >= 11 is 0. The molecular weight excluding hydrogens is 192 g/mol. The first-order valence-corrected chi connectivity index (χ1v) is 6.56. The number of benzene rings is 1. The standard InChI is InChI=1S/C16H22/c1-4-6-13-10-14(7-5-2)16-9-12(3)8-15(16)11-13/h9-11H,4-8H2,1-3H3. The minimum absolute atomic E-state index is 1.17. The molecule has 0 radical (unpaired) electrons. The van der Waals surface area contributed by atoms with E-state index >= 15 is 0 Å². The minimum atomic E-state index is 1.17. The van der Waals surface area contributed by atoms with Crippen molar-refractivity contribution in [2.45, 2.75) is 52.9 Å². The van der Waals surface area contributed by atoms with Crippen molar-refractivity contribution in [2.24, 2.45) is 0 Å². The average Bonchev–Trinajstić information content (AvgIpc) is 2.60. The van der Waals surface area contributed by atoms with E-state index in [4.69, 9.17) is 0 Å². The highest BCUT2D eigenvalue weighted by Gasteiger charge is 2.14. The molecule has 0 aliphatic heterocycles. The highest BCUT2D eigenvalue weighted by molar-refractivity contribution is 5.67. The lowest BCUT2D eigenvalue weighted by molar-refractivity contribution is 0.890. The SMILES string of the molecule is CCCc1cc(CCC)c2c(c1)CC(C)=C2. The molecule has 0 saturated carbocycles. The molecule has 1 aliphatic rings. The predicted molar refractivity (Wildman–Crippen MR) is 71.8 cm³/mol. The largest absolute Gasteiger partial charge is 0.0683 e. The van der Waals surface area contributed by atoms with Crippen LogP contribution in [0.1, 0.15) is 55.9 Å². The fourth-order valence-corrected chi connectivity index (χ4v) is 2.69. The molecule has 0 heteroatoms. The van der Waals surface area contributed by atoms with E-state index in [2.05, 4.69) is 39.0 Å². The zero-order valence-electron chi connectivity index (χ0n) is 10.8. The molecule has 0 unspecified atom stereocenters. The van der Waals surface area contributed by atoms with E-state index in [1.165, 1.54) is 48.8 Å². The molecule has 0 saturated heterocycles. The maximum absolute atomic E-state index is 2.43. The molecule has 16 heavy (non-hydrogen) atoms. The molecule has 1 aromatic rings. The van der Waals surface area contributed by atoms with Crippen LogP contribution in [0.4, 0.5) is 0 Å². The molecule has 86 valence electrons. The van der Waals surface area contributed by atoms with Crippen LogP contribution in [0, 0.1) is 0 Å². The third-order valence-electron chi connectivity index (χ3n) is 3.33. The maximum atomic E-state index is 2.43. The molecule has 0 N–H and O–H groups in total. The Kier molecular flexibility index (Phi) is 3.48. The van der Waals surface area contributed by atoms with Crippen LogP contribution >= 0.6 is 0 Å². The zero-order chi connectivity index (χ0) is 11.5. The van der Waals surface area contributed by atoms with E-state index in [0.29, 0.717) is 0 Å². The Morgan fingerprint density at radius 1 is 1.06 bits per heavy atom. The summed E-state index contributed by atoms with van der Waals surface area (Å²) in [5.41, 5.74) is 7.71. The van der Waals surface area contributed by atoms with Crippen LogP contribution in [-0.4, -0.2) is 0 Å². The number of rotatable bonds is 4. The van der Waals surface area contributed by atoms with Gasteiger partial charge in [-0.25, -0.2) is 0 Å². The van der Waals surface area contributed by atoms with Gasteiger partial charge in [-0.15, -0.1) is 0 Å². The van der Waals surface area contributed by atoms with Crippen molar-refractivity contribution in [3.05, 3.63) is 40.0 Å². The van der Waals surface area contributed by atoms with E-state index in [-0.39, 0.29) is 0 Å². The van der Waals surface area contributed by atoms with Crippen LogP contribution in [0.25, 0.3) is 6.08 Å². The van der Waals surface area contributed by atoms with Crippen molar-refractivity contribution in [1.82, 2.24) is 0 Å². The Morgan fingerprint density at radius 3 is 2.50 bits per heavy atom. The van der Waals surface area contributed by atoms with E-state index in [1.807, 2.05) is 0 Å². The van der Waals surface area contributed by atoms with E-state index in [0.717, 1.165) is 0 Å². The monoisotopic (exact) mass is 214 g/mol. The zero-order valence-corrected chi connectivity index (χ0v) is 10.8. The van der Waals surface area contributed by atoms with Gasteiger partial charge < -0.3 is 0 Å². The molecule has 0 fully saturated rings. The first-order valence-electron chi connectivity index (χ1n) is 6.56. The number of allylic oxidation sites excluding steroid dienone is 1. The molecule has 0 spiro atoms.